The van der Waals surface area contributed by atoms with E-state index in [4.69, 9.17) is 15.9 Å². The summed E-state index contributed by atoms with van der Waals surface area (Å²) in [5.74, 6) is -0.394. The van der Waals surface area contributed by atoms with Crippen molar-refractivity contribution in [3.8, 4) is 0 Å². The van der Waals surface area contributed by atoms with Gasteiger partial charge in [0.25, 0.3) is 0 Å². The Bertz CT molecular complexity index is 85.0. The summed E-state index contributed by atoms with van der Waals surface area (Å²) in [6.07, 6.45) is -1.23. The van der Waals surface area contributed by atoms with Gasteiger partial charge in [-0.1, -0.05) is 0 Å². The molecule has 0 fully saturated rings. The Morgan fingerprint density at radius 3 is 2.00 bits per heavy atom. The number of carboxylic acids is 1. The predicted molar refractivity (Wildman–Crippen MR) is 42.2 cm³/mol. The van der Waals surface area contributed by atoms with Crippen molar-refractivity contribution < 1.29 is 15.0 Å². The SMILES string of the molecule is CC(O)C(=O)O.NCCS. The summed E-state index contributed by atoms with van der Waals surface area (Å²) < 4.78 is 0. The van der Waals surface area contributed by atoms with Crippen molar-refractivity contribution in [3.63, 3.8) is 0 Å². The van der Waals surface area contributed by atoms with Crippen molar-refractivity contribution in [1.82, 2.24) is 0 Å². The summed E-state index contributed by atoms with van der Waals surface area (Å²) in [6, 6.07) is 0. The largest absolute Gasteiger partial charge is 0.479 e. The van der Waals surface area contributed by atoms with E-state index in [9.17, 15) is 4.79 Å². The maximum Gasteiger partial charge on any atom is 0.332 e. The molecule has 0 heterocycles. The predicted octanol–water partition coefficient (Wildman–Crippen LogP) is -0.673. The Morgan fingerprint density at radius 2 is 2.00 bits per heavy atom. The summed E-state index contributed by atoms with van der Waals surface area (Å²) in [5, 5.41) is 15.8. The average molecular weight is 167 g/mol. The number of aliphatic hydroxyl groups excluding tert-OH is 1. The van der Waals surface area contributed by atoms with Crippen LogP contribution < -0.4 is 5.73 Å². The molecular formula is C5H13NO3S. The Labute approximate surface area is 65.4 Å². The van der Waals surface area contributed by atoms with E-state index in [1.165, 1.54) is 6.92 Å². The van der Waals surface area contributed by atoms with Crippen molar-refractivity contribution in [2.24, 2.45) is 5.73 Å². The minimum absolute atomic E-state index is 0.684. The number of aliphatic hydroxyl groups is 1. The molecule has 0 aliphatic carbocycles. The number of thiol groups is 1. The van der Waals surface area contributed by atoms with Crippen LogP contribution in [0.2, 0.25) is 0 Å². The zero-order chi connectivity index (χ0) is 8.57. The number of carboxylic acid groups (broad SMARTS) is 1. The van der Waals surface area contributed by atoms with Crippen LogP contribution in [-0.2, 0) is 4.79 Å². The first-order chi connectivity index (χ1) is 4.56. The van der Waals surface area contributed by atoms with Crippen LogP contribution in [0.3, 0.4) is 0 Å². The molecule has 1 atom stereocenters. The standard InChI is InChI=1S/C3H6O3.C2H7NS/c1-2(4)3(5)6;3-1-2-4/h2,4H,1H3,(H,5,6);4H,1-3H2. The molecule has 1 unspecified atom stereocenters. The van der Waals surface area contributed by atoms with Gasteiger partial charge in [0, 0.05) is 12.3 Å². The lowest BCUT2D eigenvalue weighted by molar-refractivity contribution is -0.145. The highest BCUT2D eigenvalue weighted by Crippen LogP contribution is 1.73. The second-order valence-corrected chi connectivity index (χ2v) is 1.97. The lowest BCUT2D eigenvalue weighted by Gasteiger charge is -1.89. The van der Waals surface area contributed by atoms with Gasteiger partial charge >= 0.3 is 5.97 Å². The summed E-state index contributed by atoms with van der Waals surface area (Å²) in [4.78, 5) is 9.45. The second-order valence-electron chi connectivity index (χ2n) is 1.53. The number of rotatable bonds is 2. The van der Waals surface area contributed by atoms with Crippen molar-refractivity contribution in [2.45, 2.75) is 13.0 Å². The third kappa shape index (κ3) is 15.6. The number of hydrogen-bond donors (Lipinski definition) is 4. The monoisotopic (exact) mass is 167 g/mol. The second kappa shape index (κ2) is 8.74. The normalized spacial score (nSPS) is 11.2. The quantitative estimate of drug-likeness (QED) is 0.411. The van der Waals surface area contributed by atoms with Crippen LogP contribution >= 0.6 is 12.6 Å². The van der Waals surface area contributed by atoms with Crippen LogP contribution in [0.15, 0.2) is 0 Å². The number of carbonyl (C=O) groups is 1. The van der Waals surface area contributed by atoms with E-state index < -0.39 is 12.1 Å². The molecule has 0 aliphatic rings. The van der Waals surface area contributed by atoms with Crippen molar-refractivity contribution in [2.75, 3.05) is 12.3 Å². The van der Waals surface area contributed by atoms with E-state index in [-0.39, 0.29) is 0 Å². The molecule has 0 amide bonds. The van der Waals surface area contributed by atoms with Crippen LogP contribution in [0.25, 0.3) is 0 Å². The molecule has 0 bridgehead atoms. The van der Waals surface area contributed by atoms with Crippen molar-refractivity contribution >= 4 is 18.6 Å². The van der Waals surface area contributed by atoms with Gasteiger partial charge in [-0.05, 0) is 6.92 Å². The number of aliphatic carboxylic acids is 1. The highest BCUT2D eigenvalue weighted by atomic mass is 32.1. The van der Waals surface area contributed by atoms with Gasteiger partial charge in [0.05, 0.1) is 0 Å². The van der Waals surface area contributed by atoms with E-state index in [1.807, 2.05) is 0 Å². The highest BCUT2D eigenvalue weighted by Gasteiger charge is 2.01. The maximum atomic E-state index is 9.45. The van der Waals surface area contributed by atoms with Gasteiger partial charge in [0.15, 0.2) is 0 Å². The molecule has 62 valence electrons. The third-order valence-electron chi connectivity index (χ3n) is 0.486. The van der Waals surface area contributed by atoms with E-state index in [1.54, 1.807) is 0 Å². The average Bonchev–Trinajstić information content (AvgIpc) is 1.89. The first-order valence-electron chi connectivity index (χ1n) is 2.78. The van der Waals surface area contributed by atoms with Gasteiger partial charge in [0.2, 0.25) is 0 Å². The summed E-state index contributed by atoms with van der Waals surface area (Å²) in [6.45, 7) is 1.88. The summed E-state index contributed by atoms with van der Waals surface area (Å²) in [7, 11) is 0. The lowest BCUT2D eigenvalue weighted by Crippen LogP contribution is -2.13. The van der Waals surface area contributed by atoms with Crippen molar-refractivity contribution in [3.05, 3.63) is 0 Å². The first kappa shape index (κ1) is 12.4. The molecular weight excluding hydrogens is 154 g/mol. The van der Waals surface area contributed by atoms with Gasteiger partial charge in [-0.3, -0.25) is 0 Å². The first-order valence-corrected chi connectivity index (χ1v) is 3.41. The molecule has 0 spiro atoms. The van der Waals surface area contributed by atoms with Crippen molar-refractivity contribution in [1.29, 1.82) is 0 Å². The maximum absolute atomic E-state index is 9.45. The van der Waals surface area contributed by atoms with Crippen LogP contribution in [0.1, 0.15) is 6.92 Å². The van der Waals surface area contributed by atoms with E-state index in [2.05, 4.69) is 12.6 Å². The molecule has 0 saturated carbocycles. The molecule has 5 heteroatoms. The van der Waals surface area contributed by atoms with Gasteiger partial charge < -0.3 is 15.9 Å². The van der Waals surface area contributed by atoms with Gasteiger partial charge in [-0.2, -0.15) is 12.6 Å². The molecule has 0 aromatic carbocycles. The number of hydrogen-bond acceptors (Lipinski definition) is 4. The third-order valence-corrected chi connectivity index (χ3v) is 0.745. The lowest BCUT2D eigenvalue weighted by atomic mass is 10.4. The topological polar surface area (TPSA) is 83.5 Å². The van der Waals surface area contributed by atoms with Gasteiger partial charge in [-0.15, -0.1) is 0 Å². The molecule has 0 aromatic rings. The minimum atomic E-state index is -1.23. The van der Waals surface area contributed by atoms with E-state index in [0.29, 0.717) is 6.54 Å². The Hall–Kier alpha value is -0.260. The smallest absolute Gasteiger partial charge is 0.332 e. The van der Waals surface area contributed by atoms with Crippen LogP contribution in [0.5, 0.6) is 0 Å². The zero-order valence-electron chi connectivity index (χ0n) is 5.82. The fourth-order valence-electron chi connectivity index (χ4n) is 0. The zero-order valence-corrected chi connectivity index (χ0v) is 6.71. The summed E-state index contributed by atoms with van der Waals surface area (Å²) in [5.41, 5.74) is 4.95. The van der Waals surface area contributed by atoms with E-state index in [0.717, 1.165) is 5.75 Å². The Balaban J connectivity index is 0. The molecule has 0 saturated heterocycles. The van der Waals surface area contributed by atoms with Crippen LogP contribution in [0.4, 0.5) is 0 Å². The Morgan fingerprint density at radius 1 is 1.80 bits per heavy atom. The molecule has 0 aliphatic heterocycles. The molecule has 0 rings (SSSR count). The van der Waals surface area contributed by atoms with Crippen LogP contribution in [-0.4, -0.2) is 34.6 Å². The van der Waals surface area contributed by atoms with Crippen LogP contribution in [0, 0.1) is 0 Å². The molecule has 4 N–H and O–H groups in total. The Kier molecular flexibility index (Phi) is 10.9. The molecule has 0 radical (unpaired) electrons. The molecule has 10 heavy (non-hydrogen) atoms. The summed E-state index contributed by atoms with van der Waals surface area (Å²) >= 11 is 3.80. The fourth-order valence-corrected chi connectivity index (χ4v) is 0. The fraction of sp³-hybridized carbons (Fsp3) is 0.800. The molecule has 0 aromatic heterocycles. The van der Waals surface area contributed by atoms with Gasteiger partial charge in [-0.25, -0.2) is 4.79 Å². The number of nitrogens with two attached hydrogens (primary N) is 1. The van der Waals surface area contributed by atoms with Gasteiger partial charge in [0.1, 0.15) is 6.10 Å². The highest BCUT2D eigenvalue weighted by molar-refractivity contribution is 7.80. The van der Waals surface area contributed by atoms with E-state index >= 15 is 0 Å². The minimum Gasteiger partial charge on any atom is -0.479 e. The molecule has 4 nitrogen and oxygen atoms in total.